The third-order valence-corrected chi connectivity index (χ3v) is 4.27. The van der Waals surface area contributed by atoms with Crippen molar-refractivity contribution < 1.29 is 19.4 Å². The quantitative estimate of drug-likeness (QED) is 0.774. The molecule has 1 aliphatic rings. The second-order valence-electron chi connectivity index (χ2n) is 6.28. The zero-order valence-electron chi connectivity index (χ0n) is 12.3. The van der Waals surface area contributed by atoms with Gasteiger partial charge in [-0.2, -0.15) is 0 Å². The molecule has 19 heavy (non-hydrogen) atoms. The predicted octanol–water partition coefficient (Wildman–Crippen LogP) is 1.95. The van der Waals surface area contributed by atoms with Crippen LogP contribution in [0.2, 0.25) is 0 Å². The number of carboxylic acids is 1. The van der Waals surface area contributed by atoms with Crippen molar-refractivity contribution in [1.82, 2.24) is 5.32 Å². The lowest BCUT2D eigenvalue weighted by Gasteiger charge is -2.38. The molecule has 2 N–H and O–H groups in total. The fourth-order valence-corrected chi connectivity index (χ4v) is 2.00. The van der Waals surface area contributed by atoms with Gasteiger partial charge in [0.15, 0.2) is 0 Å². The van der Waals surface area contributed by atoms with E-state index in [1.54, 1.807) is 27.7 Å². The lowest BCUT2D eigenvalue weighted by molar-refractivity contribution is -0.151. The molecule has 1 fully saturated rings. The molecular formula is C14H25NO4. The van der Waals surface area contributed by atoms with E-state index in [4.69, 9.17) is 4.74 Å². The molecule has 0 aromatic carbocycles. The van der Waals surface area contributed by atoms with E-state index in [1.807, 2.05) is 0 Å². The lowest BCUT2D eigenvalue weighted by atomic mass is 9.74. The van der Waals surface area contributed by atoms with Gasteiger partial charge in [0.05, 0.1) is 11.5 Å². The molecule has 5 nitrogen and oxygen atoms in total. The van der Waals surface area contributed by atoms with E-state index >= 15 is 0 Å². The van der Waals surface area contributed by atoms with Crippen molar-refractivity contribution in [3.05, 3.63) is 0 Å². The Kier molecular flexibility index (Phi) is 4.96. The summed E-state index contributed by atoms with van der Waals surface area (Å²) in [4.78, 5) is 23.2. The topological polar surface area (TPSA) is 75.6 Å². The highest BCUT2D eigenvalue weighted by molar-refractivity contribution is 5.80. The van der Waals surface area contributed by atoms with Crippen molar-refractivity contribution in [3.8, 4) is 0 Å². The van der Waals surface area contributed by atoms with Crippen molar-refractivity contribution in [2.75, 3.05) is 6.61 Å². The van der Waals surface area contributed by atoms with Gasteiger partial charge in [-0.1, -0.05) is 0 Å². The second-order valence-corrected chi connectivity index (χ2v) is 6.28. The van der Waals surface area contributed by atoms with Gasteiger partial charge in [0, 0.05) is 18.6 Å². The Morgan fingerprint density at radius 2 is 1.95 bits per heavy atom. The lowest BCUT2D eigenvalue weighted by Crippen LogP contribution is -2.57. The molecule has 1 heterocycles. The molecule has 0 aromatic rings. The molecule has 1 atom stereocenters. The second kappa shape index (κ2) is 5.90. The number of aliphatic carboxylic acids is 1. The summed E-state index contributed by atoms with van der Waals surface area (Å²) in [6.45, 7) is 7.51. The fraction of sp³-hybridized carbons (Fsp3) is 0.857. The highest BCUT2D eigenvalue weighted by Gasteiger charge is 2.44. The van der Waals surface area contributed by atoms with Gasteiger partial charge in [0.1, 0.15) is 0 Å². The summed E-state index contributed by atoms with van der Waals surface area (Å²) in [5.41, 5.74) is -1.82. The van der Waals surface area contributed by atoms with E-state index in [9.17, 15) is 14.7 Å². The van der Waals surface area contributed by atoms with Gasteiger partial charge in [-0.05, 0) is 47.0 Å². The SMILES string of the molecule is CC(C)(NC(=O)CCC1CCCO1)C(C)(C)C(=O)O. The summed E-state index contributed by atoms with van der Waals surface area (Å²) >= 11 is 0. The summed E-state index contributed by atoms with van der Waals surface area (Å²) in [5, 5.41) is 12.0. The Morgan fingerprint density at radius 3 is 2.42 bits per heavy atom. The minimum Gasteiger partial charge on any atom is -0.481 e. The highest BCUT2D eigenvalue weighted by Crippen LogP contribution is 2.30. The van der Waals surface area contributed by atoms with Crippen LogP contribution in [0.1, 0.15) is 53.4 Å². The predicted molar refractivity (Wildman–Crippen MR) is 71.8 cm³/mol. The van der Waals surface area contributed by atoms with Crippen LogP contribution < -0.4 is 5.32 Å². The van der Waals surface area contributed by atoms with Gasteiger partial charge in [0.25, 0.3) is 0 Å². The van der Waals surface area contributed by atoms with Gasteiger partial charge in [-0.3, -0.25) is 9.59 Å². The summed E-state index contributed by atoms with van der Waals surface area (Å²) in [5.74, 6) is -1.04. The minimum atomic E-state index is -1.02. The Labute approximate surface area is 114 Å². The monoisotopic (exact) mass is 271 g/mol. The molecule has 0 aromatic heterocycles. The van der Waals surface area contributed by atoms with Crippen LogP contribution in [0.4, 0.5) is 0 Å². The van der Waals surface area contributed by atoms with Crippen LogP contribution in [0.15, 0.2) is 0 Å². The van der Waals surface area contributed by atoms with Gasteiger partial charge < -0.3 is 15.2 Å². The molecule has 0 saturated carbocycles. The molecule has 1 unspecified atom stereocenters. The third kappa shape index (κ3) is 3.93. The number of amides is 1. The average Bonchev–Trinajstić information content (AvgIpc) is 2.78. The van der Waals surface area contributed by atoms with Gasteiger partial charge in [-0.25, -0.2) is 0 Å². The third-order valence-electron chi connectivity index (χ3n) is 4.27. The Balaban J connectivity index is 2.47. The molecule has 0 bridgehead atoms. The first-order valence-electron chi connectivity index (χ1n) is 6.83. The van der Waals surface area contributed by atoms with E-state index in [1.165, 1.54) is 0 Å². The van der Waals surface area contributed by atoms with E-state index in [-0.39, 0.29) is 12.0 Å². The zero-order valence-corrected chi connectivity index (χ0v) is 12.3. The summed E-state index contributed by atoms with van der Waals surface area (Å²) in [6, 6.07) is 0. The molecule has 0 aliphatic carbocycles. The van der Waals surface area contributed by atoms with Crippen LogP contribution in [-0.4, -0.2) is 35.2 Å². The van der Waals surface area contributed by atoms with Gasteiger partial charge in [-0.15, -0.1) is 0 Å². The zero-order chi connectivity index (χ0) is 14.7. The number of carbonyl (C=O) groups is 2. The van der Waals surface area contributed by atoms with Crippen molar-refractivity contribution in [2.45, 2.75) is 65.0 Å². The van der Waals surface area contributed by atoms with Gasteiger partial charge >= 0.3 is 5.97 Å². The van der Waals surface area contributed by atoms with Crippen LogP contribution in [0.25, 0.3) is 0 Å². The summed E-state index contributed by atoms with van der Waals surface area (Å²) in [7, 11) is 0. The van der Waals surface area contributed by atoms with Crippen molar-refractivity contribution >= 4 is 11.9 Å². The normalized spacial score (nSPS) is 20.3. The standard InChI is InChI=1S/C14H25NO4/c1-13(2,12(17)18)14(3,4)15-11(16)8-7-10-6-5-9-19-10/h10H,5-9H2,1-4H3,(H,15,16)(H,17,18). The Hall–Kier alpha value is -1.10. The fourth-order valence-electron chi connectivity index (χ4n) is 2.00. The molecule has 1 aliphatic heterocycles. The number of ether oxygens (including phenoxy) is 1. The number of hydrogen-bond acceptors (Lipinski definition) is 3. The van der Waals surface area contributed by atoms with E-state index < -0.39 is 16.9 Å². The van der Waals surface area contributed by atoms with Crippen LogP contribution in [0.5, 0.6) is 0 Å². The average molecular weight is 271 g/mol. The molecular weight excluding hydrogens is 246 g/mol. The van der Waals surface area contributed by atoms with Gasteiger partial charge in [0.2, 0.25) is 5.91 Å². The maximum atomic E-state index is 11.9. The summed E-state index contributed by atoms with van der Waals surface area (Å²) < 4.78 is 5.46. The van der Waals surface area contributed by atoms with Crippen molar-refractivity contribution in [1.29, 1.82) is 0 Å². The molecule has 1 rings (SSSR count). The Bertz CT molecular complexity index is 343. The number of nitrogens with one attached hydrogen (secondary N) is 1. The molecule has 1 saturated heterocycles. The van der Waals surface area contributed by atoms with Crippen LogP contribution >= 0.6 is 0 Å². The van der Waals surface area contributed by atoms with Crippen molar-refractivity contribution in [2.24, 2.45) is 5.41 Å². The molecule has 1 amide bonds. The minimum absolute atomic E-state index is 0.116. The van der Waals surface area contributed by atoms with Crippen molar-refractivity contribution in [3.63, 3.8) is 0 Å². The molecule has 0 spiro atoms. The van der Waals surface area contributed by atoms with Crippen LogP contribution in [0, 0.1) is 5.41 Å². The molecule has 0 radical (unpaired) electrons. The Morgan fingerprint density at radius 1 is 1.32 bits per heavy atom. The largest absolute Gasteiger partial charge is 0.481 e. The maximum Gasteiger partial charge on any atom is 0.311 e. The van der Waals surface area contributed by atoms with E-state index in [0.717, 1.165) is 19.4 Å². The summed E-state index contributed by atoms with van der Waals surface area (Å²) in [6.07, 6.45) is 3.33. The molecule has 5 heteroatoms. The molecule has 110 valence electrons. The number of carbonyl (C=O) groups excluding carboxylic acids is 1. The highest BCUT2D eigenvalue weighted by atomic mass is 16.5. The van der Waals surface area contributed by atoms with E-state index in [2.05, 4.69) is 5.32 Å². The number of hydrogen-bond donors (Lipinski definition) is 2. The maximum absolute atomic E-state index is 11.9. The van der Waals surface area contributed by atoms with Crippen LogP contribution in [0.3, 0.4) is 0 Å². The smallest absolute Gasteiger partial charge is 0.311 e. The first kappa shape index (κ1) is 16.0. The number of carboxylic acid groups (broad SMARTS) is 1. The van der Waals surface area contributed by atoms with Crippen LogP contribution in [-0.2, 0) is 14.3 Å². The number of rotatable bonds is 6. The first-order valence-corrected chi connectivity index (χ1v) is 6.83. The van der Waals surface area contributed by atoms with E-state index in [0.29, 0.717) is 12.8 Å². The first-order chi connectivity index (χ1) is 8.67.